The van der Waals surface area contributed by atoms with E-state index in [0.717, 1.165) is 18.2 Å². The van der Waals surface area contributed by atoms with Crippen molar-refractivity contribution in [1.29, 1.82) is 0 Å². The van der Waals surface area contributed by atoms with E-state index in [0.29, 0.717) is 6.07 Å². The van der Waals surface area contributed by atoms with Gasteiger partial charge in [-0.05, 0) is 30.4 Å². The summed E-state index contributed by atoms with van der Waals surface area (Å²) in [5, 5.41) is 17.1. The first-order chi connectivity index (χ1) is 16.4. The van der Waals surface area contributed by atoms with E-state index in [-0.39, 0.29) is 22.4 Å². The monoisotopic (exact) mass is 565 g/mol. The van der Waals surface area contributed by atoms with Gasteiger partial charge in [0.1, 0.15) is 26.9 Å². The van der Waals surface area contributed by atoms with Crippen molar-refractivity contribution < 1.29 is 44.0 Å². The molecule has 200 valence electrons. The van der Waals surface area contributed by atoms with Crippen molar-refractivity contribution in [3.63, 3.8) is 0 Å². The summed E-state index contributed by atoms with van der Waals surface area (Å²) in [7, 11) is -14.6. The number of nitrogen functional groups attached to an aromatic ring is 1. The zero-order chi connectivity index (χ0) is 28.2. The molecule has 13 nitrogen and oxygen atoms in total. The number of benzene rings is 2. The van der Waals surface area contributed by atoms with Crippen LogP contribution in [0.1, 0.15) is 34.6 Å². The number of fused-ring (bicyclic) bond motifs is 1. The topological polar surface area (TPSA) is 234 Å². The molecule has 0 saturated carbocycles. The number of phenols is 1. The molecule has 0 atom stereocenters. The highest BCUT2D eigenvalue weighted by molar-refractivity contribution is 7.90. The van der Waals surface area contributed by atoms with E-state index in [1.807, 2.05) is 13.8 Å². The van der Waals surface area contributed by atoms with Crippen LogP contribution in [-0.2, 0) is 30.4 Å². The van der Waals surface area contributed by atoms with Gasteiger partial charge in [0.2, 0.25) is 0 Å². The van der Waals surface area contributed by atoms with Gasteiger partial charge in [0.05, 0.1) is 10.6 Å². The fourth-order valence-corrected chi connectivity index (χ4v) is 4.83. The lowest BCUT2D eigenvalue weighted by Gasteiger charge is -2.12. The van der Waals surface area contributed by atoms with Gasteiger partial charge < -0.3 is 10.8 Å². The second-order valence-electron chi connectivity index (χ2n) is 7.25. The summed E-state index contributed by atoms with van der Waals surface area (Å²) in [5.41, 5.74) is 4.32. The molecule has 0 aromatic heterocycles. The van der Waals surface area contributed by atoms with Crippen LogP contribution >= 0.6 is 0 Å². The minimum atomic E-state index is -5.06. The highest BCUT2D eigenvalue weighted by atomic mass is 32.2. The summed E-state index contributed by atoms with van der Waals surface area (Å²) in [6, 6.07) is 2.19. The van der Waals surface area contributed by atoms with E-state index in [2.05, 4.69) is 10.2 Å². The lowest BCUT2D eigenvalue weighted by atomic mass is 10.1. The normalized spacial score (nSPS) is 13.8. The average Bonchev–Trinajstić information content (AvgIpc) is 2.71. The third-order valence-corrected chi connectivity index (χ3v) is 6.98. The van der Waals surface area contributed by atoms with Crippen molar-refractivity contribution in [2.24, 2.45) is 16.1 Å². The zero-order valence-corrected chi connectivity index (χ0v) is 22.3. The molecule has 2 aromatic carbocycles. The molecule has 0 bridgehead atoms. The molecule has 0 aliphatic rings. The number of hydrogen-bond acceptors (Lipinski definition) is 10. The number of nitrogens with zero attached hydrogens (tertiary/aromatic N) is 2. The van der Waals surface area contributed by atoms with Crippen LogP contribution in [0.15, 0.2) is 61.0 Å². The fraction of sp³-hybridized carbons (Fsp3) is 0.300. The Balaban J connectivity index is 0.00000316. The number of anilines is 1. The molecule has 0 radical (unpaired) electrons. The van der Waals surface area contributed by atoms with Crippen molar-refractivity contribution in [2.75, 3.05) is 5.73 Å². The van der Waals surface area contributed by atoms with Gasteiger partial charge in [-0.1, -0.05) is 39.8 Å². The van der Waals surface area contributed by atoms with Gasteiger partial charge >= 0.3 is 0 Å². The number of hydrogen-bond donors (Lipinski definition) is 5. The Hall–Kier alpha value is -2.89. The standard InChI is InChI=1S/C18H21N3O10S3.C2H6/c1-4-14(33(26,27)28)12(5-9(2)3)20-21-18-15(34(29,30)31)7-10-6-11(32(23,24)25)8-13(22)16(10)17(18)19;1-2/h4-9,22H,19H2,1-3H3,(H,23,24,25)(H,26,27,28)(H,29,30,31);1-2H3/b12-5+,14-4+,21-20?;. The predicted octanol–water partition coefficient (Wildman–Crippen LogP) is 4.06. The molecule has 2 rings (SSSR count). The van der Waals surface area contributed by atoms with Gasteiger partial charge in [-0.15, -0.1) is 10.2 Å². The molecule has 0 fully saturated rings. The Morgan fingerprint density at radius 3 is 1.94 bits per heavy atom. The Bertz CT molecular complexity index is 1570. The summed E-state index contributed by atoms with van der Waals surface area (Å²) < 4.78 is 98.6. The first-order valence-corrected chi connectivity index (χ1v) is 14.5. The molecule has 2 aromatic rings. The summed E-state index contributed by atoms with van der Waals surface area (Å²) in [4.78, 5) is -2.37. The van der Waals surface area contributed by atoms with Crippen LogP contribution in [0.4, 0.5) is 11.4 Å². The second kappa shape index (κ2) is 11.4. The lowest BCUT2D eigenvalue weighted by molar-refractivity contribution is 0.471. The van der Waals surface area contributed by atoms with E-state index >= 15 is 0 Å². The fourth-order valence-electron chi connectivity index (χ4n) is 2.95. The number of aromatic hydroxyl groups is 1. The maximum absolute atomic E-state index is 12.0. The van der Waals surface area contributed by atoms with E-state index in [9.17, 15) is 44.0 Å². The maximum atomic E-state index is 12.0. The highest BCUT2D eigenvalue weighted by Gasteiger charge is 2.25. The SMILES string of the molecule is C/C=C(\C(=C/C(C)C)N=Nc1c(S(=O)(=O)O)cc2cc(S(=O)(=O)O)cc(O)c2c1N)S(=O)(=O)O.CC. The number of nitrogens with two attached hydrogens (primary N) is 1. The smallest absolute Gasteiger partial charge is 0.296 e. The largest absolute Gasteiger partial charge is 0.507 e. The molecule has 0 unspecified atom stereocenters. The molecule has 0 aliphatic carbocycles. The quantitative estimate of drug-likeness (QED) is 0.139. The van der Waals surface area contributed by atoms with Gasteiger partial charge in [-0.2, -0.15) is 25.3 Å². The highest BCUT2D eigenvalue weighted by Crippen LogP contribution is 2.43. The third kappa shape index (κ3) is 7.31. The molecule has 0 amide bonds. The van der Waals surface area contributed by atoms with Crippen molar-refractivity contribution in [3.8, 4) is 5.75 Å². The van der Waals surface area contributed by atoms with Gasteiger partial charge in [0, 0.05) is 11.5 Å². The molecule has 0 spiro atoms. The molecular weight excluding hydrogens is 538 g/mol. The van der Waals surface area contributed by atoms with Crippen LogP contribution in [0.3, 0.4) is 0 Å². The molecule has 0 saturated heterocycles. The Morgan fingerprint density at radius 2 is 1.53 bits per heavy atom. The van der Waals surface area contributed by atoms with Crippen molar-refractivity contribution in [2.45, 2.75) is 44.4 Å². The summed E-state index contributed by atoms with van der Waals surface area (Å²) >= 11 is 0. The minimum Gasteiger partial charge on any atom is -0.507 e. The van der Waals surface area contributed by atoms with Crippen molar-refractivity contribution in [3.05, 3.63) is 41.0 Å². The van der Waals surface area contributed by atoms with Gasteiger partial charge in [0.15, 0.2) is 0 Å². The van der Waals surface area contributed by atoms with Crippen LogP contribution < -0.4 is 5.73 Å². The van der Waals surface area contributed by atoms with E-state index in [4.69, 9.17) is 5.73 Å². The third-order valence-electron chi connectivity index (χ3n) is 4.28. The van der Waals surface area contributed by atoms with E-state index in [1.54, 1.807) is 13.8 Å². The molecule has 36 heavy (non-hydrogen) atoms. The minimum absolute atomic E-state index is 0.288. The number of phenolic OH excluding ortho intramolecular Hbond substituents is 1. The van der Waals surface area contributed by atoms with Crippen LogP contribution in [0.2, 0.25) is 0 Å². The van der Waals surface area contributed by atoms with Crippen molar-refractivity contribution in [1.82, 2.24) is 0 Å². The molecule has 6 N–H and O–H groups in total. The van der Waals surface area contributed by atoms with Crippen LogP contribution in [0.25, 0.3) is 10.8 Å². The van der Waals surface area contributed by atoms with E-state index in [1.165, 1.54) is 13.0 Å². The first-order valence-electron chi connectivity index (χ1n) is 10.2. The Morgan fingerprint density at radius 1 is 0.972 bits per heavy atom. The second-order valence-corrected chi connectivity index (χ2v) is 11.5. The Labute approximate surface area is 209 Å². The van der Waals surface area contributed by atoms with E-state index < -0.39 is 62.2 Å². The number of rotatable bonds is 7. The average molecular weight is 566 g/mol. The molecule has 16 heteroatoms. The molecular formula is C20H27N3O10S3. The molecule has 0 aliphatic heterocycles. The summed E-state index contributed by atoms with van der Waals surface area (Å²) in [6.07, 6.45) is 2.32. The first kappa shape index (κ1) is 31.1. The Kier molecular flexibility index (Phi) is 9.90. The molecule has 0 heterocycles. The number of allylic oxidation sites excluding steroid dienone is 2. The van der Waals surface area contributed by atoms with Gasteiger partial charge in [-0.25, -0.2) is 0 Å². The number of azo groups is 1. The maximum Gasteiger partial charge on any atom is 0.296 e. The summed E-state index contributed by atoms with van der Waals surface area (Å²) in [5.74, 6) is -1.07. The summed E-state index contributed by atoms with van der Waals surface area (Å²) in [6.45, 7) is 8.61. The van der Waals surface area contributed by atoms with Gasteiger partial charge in [0.25, 0.3) is 30.4 Å². The lowest BCUT2D eigenvalue weighted by Crippen LogP contribution is -2.05. The zero-order valence-electron chi connectivity index (χ0n) is 19.9. The predicted molar refractivity (Wildman–Crippen MR) is 134 cm³/mol. The van der Waals surface area contributed by atoms with Crippen molar-refractivity contribution >= 4 is 52.5 Å². The van der Waals surface area contributed by atoms with Crippen LogP contribution in [-0.4, -0.2) is 44.0 Å². The van der Waals surface area contributed by atoms with Crippen LogP contribution in [0, 0.1) is 5.92 Å². The van der Waals surface area contributed by atoms with Crippen LogP contribution in [0.5, 0.6) is 5.75 Å². The van der Waals surface area contributed by atoms with Gasteiger partial charge in [-0.3, -0.25) is 13.7 Å².